The first-order valence-corrected chi connectivity index (χ1v) is 6.47. The Labute approximate surface area is 105 Å². The van der Waals surface area contributed by atoms with Gasteiger partial charge in [-0.3, -0.25) is 0 Å². The molecule has 0 saturated heterocycles. The normalized spacial score (nSPS) is 11.7. The lowest BCUT2D eigenvalue weighted by molar-refractivity contribution is 0.238. The molecule has 0 aliphatic rings. The fourth-order valence-corrected chi connectivity index (χ4v) is 1.64. The SMILES string of the molecule is CCCCCCC#CC(O)c1ccc(C)cc1. The van der Waals surface area contributed by atoms with E-state index in [2.05, 4.69) is 18.8 Å². The van der Waals surface area contributed by atoms with E-state index >= 15 is 0 Å². The van der Waals surface area contributed by atoms with Crippen LogP contribution in [0.3, 0.4) is 0 Å². The van der Waals surface area contributed by atoms with Crippen molar-refractivity contribution in [1.29, 1.82) is 0 Å². The molecular weight excluding hydrogens is 208 g/mol. The lowest BCUT2D eigenvalue weighted by atomic mass is 10.1. The summed E-state index contributed by atoms with van der Waals surface area (Å²) in [5, 5.41) is 9.84. The zero-order valence-corrected chi connectivity index (χ0v) is 10.9. The molecule has 17 heavy (non-hydrogen) atoms. The summed E-state index contributed by atoms with van der Waals surface area (Å²) in [6.45, 7) is 4.24. The summed E-state index contributed by atoms with van der Waals surface area (Å²) in [7, 11) is 0. The number of rotatable bonds is 5. The molecule has 1 unspecified atom stereocenters. The summed E-state index contributed by atoms with van der Waals surface area (Å²) in [5.74, 6) is 5.96. The molecule has 0 aliphatic carbocycles. The van der Waals surface area contributed by atoms with Crippen molar-refractivity contribution in [2.24, 2.45) is 0 Å². The molecule has 1 aromatic carbocycles. The Morgan fingerprint density at radius 1 is 1.12 bits per heavy atom. The second kappa shape index (κ2) is 7.92. The number of hydrogen-bond donors (Lipinski definition) is 1. The Bertz CT molecular complexity index is 367. The van der Waals surface area contributed by atoms with Crippen molar-refractivity contribution in [2.75, 3.05) is 0 Å². The molecule has 1 rings (SSSR count). The van der Waals surface area contributed by atoms with Crippen LogP contribution in [0.15, 0.2) is 24.3 Å². The molecule has 0 aliphatic heterocycles. The maximum absolute atomic E-state index is 9.84. The van der Waals surface area contributed by atoms with E-state index in [0.717, 1.165) is 18.4 Å². The zero-order chi connectivity index (χ0) is 12.5. The Morgan fingerprint density at radius 3 is 2.47 bits per heavy atom. The van der Waals surface area contributed by atoms with Gasteiger partial charge in [-0.05, 0) is 18.9 Å². The number of aliphatic hydroxyl groups is 1. The van der Waals surface area contributed by atoms with Crippen molar-refractivity contribution < 1.29 is 5.11 Å². The maximum Gasteiger partial charge on any atom is 0.140 e. The van der Waals surface area contributed by atoms with Crippen molar-refractivity contribution in [1.82, 2.24) is 0 Å². The number of aliphatic hydroxyl groups excluding tert-OH is 1. The molecule has 92 valence electrons. The molecule has 0 amide bonds. The first-order chi connectivity index (χ1) is 8.24. The van der Waals surface area contributed by atoms with Crippen LogP contribution in [0.2, 0.25) is 0 Å². The highest BCUT2D eigenvalue weighted by molar-refractivity contribution is 5.27. The summed E-state index contributed by atoms with van der Waals surface area (Å²) < 4.78 is 0. The Balaban J connectivity index is 2.36. The lowest BCUT2D eigenvalue weighted by Gasteiger charge is -2.03. The predicted octanol–water partition coefficient (Wildman–Crippen LogP) is 4.00. The van der Waals surface area contributed by atoms with E-state index in [9.17, 15) is 5.11 Å². The number of aryl methyl sites for hydroxylation is 1. The van der Waals surface area contributed by atoms with Gasteiger partial charge >= 0.3 is 0 Å². The van der Waals surface area contributed by atoms with E-state index in [-0.39, 0.29) is 0 Å². The molecule has 0 bridgehead atoms. The third-order valence-electron chi connectivity index (χ3n) is 2.79. The van der Waals surface area contributed by atoms with Gasteiger partial charge in [0.2, 0.25) is 0 Å². The second-order valence-corrected chi connectivity index (χ2v) is 4.44. The molecule has 1 heteroatoms. The van der Waals surface area contributed by atoms with Crippen LogP contribution in [0, 0.1) is 18.8 Å². The number of benzene rings is 1. The van der Waals surface area contributed by atoms with Gasteiger partial charge in [-0.2, -0.15) is 0 Å². The van der Waals surface area contributed by atoms with Gasteiger partial charge in [0, 0.05) is 6.42 Å². The van der Waals surface area contributed by atoms with Crippen molar-refractivity contribution in [3.63, 3.8) is 0 Å². The molecular formula is C16H22O. The second-order valence-electron chi connectivity index (χ2n) is 4.44. The molecule has 1 N–H and O–H groups in total. The zero-order valence-electron chi connectivity index (χ0n) is 10.9. The van der Waals surface area contributed by atoms with Crippen LogP contribution in [-0.2, 0) is 0 Å². The van der Waals surface area contributed by atoms with Crippen LogP contribution in [-0.4, -0.2) is 5.11 Å². The maximum atomic E-state index is 9.84. The van der Waals surface area contributed by atoms with E-state index in [0.29, 0.717) is 0 Å². The van der Waals surface area contributed by atoms with Crippen LogP contribution < -0.4 is 0 Å². The van der Waals surface area contributed by atoms with E-state index in [1.165, 1.54) is 24.8 Å². The van der Waals surface area contributed by atoms with Crippen LogP contribution in [0.25, 0.3) is 0 Å². The highest BCUT2D eigenvalue weighted by Crippen LogP contribution is 2.12. The van der Waals surface area contributed by atoms with E-state index in [4.69, 9.17) is 0 Å². The third-order valence-corrected chi connectivity index (χ3v) is 2.79. The molecule has 1 nitrogen and oxygen atoms in total. The topological polar surface area (TPSA) is 20.2 Å². The summed E-state index contributed by atoms with van der Waals surface area (Å²) in [5.41, 5.74) is 2.09. The first kappa shape index (κ1) is 13.8. The molecule has 0 heterocycles. The highest BCUT2D eigenvalue weighted by atomic mass is 16.3. The van der Waals surface area contributed by atoms with Gasteiger partial charge in [0.25, 0.3) is 0 Å². The summed E-state index contributed by atoms with van der Waals surface area (Å²) in [6.07, 6.45) is 5.17. The Kier molecular flexibility index (Phi) is 6.43. The Morgan fingerprint density at radius 2 is 1.82 bits per heavy atom. The molecule has 0 spiro atoms. The molecule has 0 fully saturated rings. The van der Waals surface area contributed by atoms with Gasteiger partial charge in [0.1, 0.15) is 6.10 Å². The van der Waals surface area contributed by atoms with Gasteiger partial charge < -0.3 is 5.11 Å². The Hall–Kier alpha value is -1.26. The van der Waals surface area contributed by atoms with Crippen LogP contribution in [0.5, 0.6) is 0 Å². The summed E-state index contributed by atoms with van der Waals surface area (Å²) in [4.78, 5) is 0. The lowest BCUT2D eigenvalue weighted by Crippen LogP contribution is -1.93. The number of hydrogen-bond acceptors (Lipinski definition) is 1. The smallest absolute Gasteiger partial charge is 0.140 e. The number of unbranched alkanes of at least 4 members (excludes halogenated alkanes) is 4. The third kappa shape index (κ3) is 5.56. The van der Waals surface area contributed by atoms with Gasteiger partial charge in [-0.25, -0.2) is 0 Å². The van der Waals surface area contributed by atoms with Gasteiger partial charge in [0.15, 0.2) is 0 Å². The van der Waals surface area contributed by atoms with Crippen molar-refractivity contribution in [3.8, 4) is 11.8 Å². The van der Waals surface area contributed by atoms with Gasteiger partial charge in [0.05, 0.1) is 0 Å². The van der Waals surface area contributed by atoms with Crippen molar-refractivity contribution in [3.05, 3.63) is 35.4 Å². The average molecular weight is 230 g/mol. The highest BCUT2D eigenvalue weighted by Gasteiger charge is 2.01. The van der Waals surface area contributed by atoms with Crippen LogP contribution >= 0.6 is 0 Å². The minimum atomic E-state index is -0.637. The minimum absolute atomic E-state index is 0.637. The molecule has 0 saturated carbocycles. The fourth-order valence-electron chi connectivity index (χ4n) is 1.64. The molecule has 0 radical (unpaired) electrons. The minimum Gasteiger partial charge on any atom is -0.376 e. The van der Waals surface area contributed by atoms with E-state index < -0.39 is 6.10 Å². The molecule has 1 aromatic rings. The van der Waals surface area contributed by atoms with Gasteiger partial charge in [-0.1, -0.05) is 61.9 Å². The van der Waals surface area contributed by atoms with E-state index in [1.807, 2.05) is 31.2 Å². The van der Waals surface area contributed by atoms with Crippen LogP contribution in [0.1, 0.15) is 56.3 Å². The van der Waals surface area contributed by atoms with Gasteiger partial charge in [-0.15, -0.1) is 5.92 Å². The largest absolute Gasteiger partial charge is 0.376 e. The van der Waals surface area contributed by atoms with Crippen LogP contribution in [0.4, 0.5) is 0 Å². The molecule has 1 atom stereocenters. The van der Waals surface area contributed by atoms with Crippen molar-refractivity contribution >= 4 is 0 Å². The predicted molar refractivity (Wildman–Crippen MR) is 72.7 cm³/mol. The summed E-state index contributed by atoms with van der Waals surface area (Å²) in [6, 6.07) is 7.88. The summed E-state index contributed by atoms with van der Waals surface area (Å²) >= 11 is 0. The standard InChI is InChI=1S/C16H22O/c1-3-4-5-6-7-8-9-16(17)15-12-10-14(2)11-13-15/h10-13,16-17H,3-7H2,1-2H3. The first-order valence-electron chi connectivity index (χ1n) is 6.47. The quantitative estimate of drug-likeness (QED) is 0.598. The van der Waals surface area contributed by atoms with E-state index in [1.54, 1.807) is 0 Å². The average Bonchev–Trinajstić information content (AvgIpc) is 2.34. The monoisotopic (exact) mass is 230 g/mol. The molecule has 0 aromatic heterocycles. The van der Waals surface area contributed by atoms with Crippen molar-refractivity contribution in [2.45, 2.75) is 52.1 Å². The fraction of sp³-hybridized carbons (Fsp3) is 0.500.